The minimum atomic E-state index is -1.76. The number of carboxylic acids is 1. The van der Waals surface area contributed by atoms with Crippen LogP contribution in [0, 0.1) is 34.3 Å². The first-order valence-corrected chi connectivity index (χ1v) is 12.7. The third-order valence-corrected chi connectivity index (χ3v) is 8.48. The predicted molar refractivity (Wildman–Crippen MR) is 133 cm³/mol. The number of hydrogen-bond acceptors (Lipinski definition) is 4. The summed E-state index contributed by atoms with van der Waals surface area (Å²) in [4.78, 5) is 12.5. The van der Waals surface area contributed by atoms with Crippen LogP contribution in [-0.2, 0) is 14.9 Å². The number of hydrogen-bond donors (Lipinski definition) is 2. The minimum absolute atomic E-state index is 0.0252. The lowest BCUT2D eigenvalue weighted by Gasteiger charge is -2.42. The Morgan fingerprint density at radius 1 is 1.25 bits per heavy atom. The van der Waals surface area contributed by atoms with E-state index in [4.69, 9.17) is 27.9 Å². The fraction of sp³-hybridized carbons (Fsp3) is 0.481. The van der Waals surface area contributed by atoms with Gasteiger partial charge in [-0.2, -0.15) is 5.26 Å². The van der Waals surface area contributed by atoms with Crippen molar-refractivity contribution in [2.45, 2.75) is 56.5 Å². The van der Waals surface area contributed by atoms with Crippen molar-refractivity contribution in [3.05, 3.63) is 69.2 Å². The normalized spacial score (nSPS) is 27.1. The van der Waals surface area contributed by atoms with Crippen molar-refractivity contribution >= 4 is 29.2 Å². The minimum Gasteiger partial charge on any atom is -0.480 e. The molecular formula is C27H28Cl2F2N2O3. The molecule has 4 rings (SSSR count). The number of ether oxygens (including phenoxy) is 1. The highest BCUT2D eigenvalue weighted by atomic mass is 35.5. The lowest BCUT2D eigenvalue weighted by atomic mass is 9.60. The molecule has 0 radical (unpaired) electrons. The average Bonchev–Trinajstić information content (AvgIpc) is 3.15. The SMILES string of the molecule is CC(C)(C[C@@H]1N[C@@H](C(=O)O)[C@H](c2cccc(Cl)c2F)[C@@]1(C#N)c1ccc(Cl)cc1F)C1CCOCC1. The number of benzene rings is 2. The second-order valence-electron chi connectivity index (χ2n) is 10.3. The van der Waals surface area contributed by atoms with Gasteiger partial charge in [0.1, 0.15) is 23.1 Å². The van der Waals surface area contributed by atoms with Crippen LogP contribution in [0.15, 0.2) is 36.4 Å². The van der Waals surface area contributed by atoms with E-state index < -0.39 is 41.0 Å². The quantitative estimate of drug-likeness (QED) is 0.467. The fourth-order valence-corrected chi connectivity index (χ4v) is 6.44. The maximum atomic E-state index is 15.5. The van der Waals surface area contributed by atoms with E-state index in [1.54, 1.807) is 0 Å². The van der Waals surface area contributed by atoms with Crippen molar-refractivity contribution in [2.24, 2.45) is 11.3 Å². The molecule has 0 spiro atoms. The number of nitrogens with one attached hydrogen (secondary N) is 1. The Morgan fingerprint density at radius 2 is 1.94 bits per heavy atom. The summed E-state index contributed by atoms with van der Waals surface area (Å²) in [6.45, 7) is 5.37. The van der Waals surface area contributed by atoms with Crippen molar-refractivity contribution in [3.8, 4) is 6.07 Å². The average molecular weight is 537 g/mol. The van der Waals surface area contributed by atoms with Gasteiger partial charge in [0.2, 0.25) is 0 Å². The van der Waals surface area contributed by atoms with E-state index in [0.717, 1.165) is 18.9 Å². The standard InChI is InChI=1S/C27H28Cl2F2N2O3/c1-26(2,15-8-10-36-11-9-15)13-21-27(14-32,18-7-6-16(28)12-20(18)30)22(24(33-21)25(34)35)17-4-3-5-19(29)23(17)31/h3-7,12,15,21-22,24,33H,8-11,13H2,1-2H3,(H,34,35)/t21-,22-,24+,27-/m0/s1. The molecule has 192 valence electrons. The van der Waals surface area contributed by atoms with Gasteiger partial charge in [-0.25, -0.2) is 8.78 Å². The van der Waals surface area contributed by atoms with Crippen LogP contribution in [0.25, 0.3) is 0 Å². The summed E-state index contributed by atoms with van der Waals surface area (Å²) in [5.41, 5.74) is -2.18. The molecule has 36 heavy (non-hydrogen) atoms. The number of halogens is 4. The third-order valence-electron chi connectivity index (χ3n) is 7.96. The van der Waals surface area contributed by atoms with Gasteiger partial charge in [-0.05, 0) is 54.4 Å². The van der Waals surface area contributed by atoms with Crippen molar-refractivity contribution in [1.82, 2.24) is 5.32 Å². The molecule has 2 aromatic rings. The molecule has 2 saturated heterocycles. The Balaban J connectivity index is 1.94. The molecule has 9 heteroatoms. The largest absolute Gasteiger partial charge is 0.480 e. The summed E-state index contributed by atoms with van der Waals surface area (Å²) in [5, 5.41) is 24.0. The summed E-state index contributed by atoms with van der Waals surface area (Å²) in [6.07, 6.45) is 2.00. The van der Waals surface area contributed by atoms with Crippen molar-refractivity contribution in [3.63, 3.8) is 0 Å². The van der Waals surface area contributed by atoms with E-state index in [9.17, 15) is 15.2 Å². The van der Waals surface area contributed by atoms with Gasteiger partial charge in [0.15, 0.2) is 0 Å². The fourth-order valence-electron chi connectivity index (χ4n) is 6.10. The Hall–Kier alpha value is -2.24. The maximum Gasteiger partial charge on any atom is 0.321 e. The molecule has 0 bridgehead atoms. The van der Waals surface area contributed by atoms with Crippen LogP contribution in [0.2, 0.25) is 10.0 Å². The molecule has 0 amide bonds. The molecule has 0 saturated carbocycles. The third kappa shape index (κ3) is 4.61. The lowest BCUT2D eigenvalue weighted by molar-refractivity contribution is -0.139. The first-order chi connectivity index (χ1) is 17.0. The van der Waals surface area contributed by atoms with E-state index in [0.29, 0.717) is 19.6 Å². The van der Waals surface area contributed by atoms with Gasteiger partial charge < -0.3 is 9.84 Å². The van der Waals surface area contributed by atoms with Crippen molar-refractivity contribution in [2.75, 3.05) is 13.2 Å². The van der Waals surface area contributed by atoms with Crippen LogP contribution in [0.4, 0.5) is 8.78 Å². The summed E-state index contributed by atoms with van der Waals surface area (Å²) in [7, 11) is 0. The van der Waals surface area contributed by atoms with E-state index in [1.807, 2.05) is 0 Å². The molecule has 2 fully saturated rings. The molecule has 2 aliphatic rings. The molecule has 4 atom stereocenters. The monoisotopic (exact) mass is 536 g/mol. The number of carboxylic acid groups (broad SMARTS) is 1. The van der Waals surface area contributed by atoms with Crippen LogP contribution < -0.4 is 5.32 Å². The predicted octanol–water partition coefficient (Wildman–Crippen LogP) is 6.08. The molecule has 2 N–H and O–H groups in total. The zero-order chi connectivity index (χ0) is 26.3. The van der Waals surface area contributed by atoms with Crippen LogP contribution in [0.5, 0.6) is 0 Å². The summed E-state index contributed by atoms with van der Waals surface area (Å²) < 4.78 is 36.5. The molecule has 0 unspecified atom stereocenters. The Labute approximate surface area is 219 Å². The number of rotatable bonds is 6. The summed E-state index contributed by atoms with van der Waals surface area (Å²) in [5.74, 6) is -3.84. The molecule has 0 aliphatic carbocycles. The lowest BCUT2D eigenvalue weighted by Crippen LogP contribution is -2.47. The molecule has 2 aromatic carbocycles. The van der Waals surface area contributed by atoms with Gasteiger partial charge in [-0.15, -0.1) is 0 Å². The molecule has 2 aliphatic heterocycles. The van der Waals surface area contributed by atoms with E-state index in [1.165, 1.54) is 30.3 Å². The summed E-state index contributed by atoms with van der Waals surface area (Å²) >= 11 is 12.1. The van der Waals surface area contributed by atoms with Crippen molar-refractivity contribution in [1.29, 1.82) is 5.26 Å². The zero-order valence-electron chi connectivity index (χ0n) is 20.0. The van der Waals surface area contributed by atoms with Crippen LogP contribution in [0.1, 0.15) is 50.2 Å². The van der Waals surface area contributed by atoms with E-state index in [2.05, 4.69) is 25.2 Å². The van der Waals surface area contributed by atoms with Gasteiger partial charge >= 0.3 is 5.97 Å². The van der Waals surface area contributed by atoms with E-state index in [-0.39, 0.29) is 32.5 Å². The summed E-state index contributed by atoms with van der Waals surface area (Å²) in [6, 6.07) is 8.31. The highest BCUT2D eigenvalue weighted by molar-refractivity contribution is 6.31. The number of nitrogens with zero attached hydrogens (tertiary/aromatic N) is 1. The van der Waals surface area contributed by atoms with Crippen molar-refractivity contribution < 1.29 is 23.4 Å². The van der Waals surface area contributed by atoms with Gasteiger partial charge in [0, 0.05) is 35.8 Å². The van der Waals surface area contributed by atoms with E-state index >= 15 is 8.78 Å². The van der Waals surface area contributed by atoms with Gasteiger partial charge in [0.05, 0.1) is 11.1 Å². The van der Waals surface area contributed by atoms with Gasteiger partial charge in [-0.1, -0.05) is 55.2 Å². The molecule has 2 heterocycles. The molecule has 5 nitrogen and oxygen atoms in total. The number of carbonyl (C=O) groups is 1. The highest BCUT2D eigenvalue weighted by Crippen LogP contribution is 2.54. The highest BCUT2D eigenvalue weighted by Gasteiger charge is 2.61. The Morgan fingerprint density at radius 3 is 2.56 bits per heavy atom. The second-order valence-corrected chi connectivity index (χ2v) is 11.2. The Bertz CT molecular complexity index is 1200. The van der Waals surface area contributed by atoms with Gasteiger partial charge in [0.25, 0.3) is 0 Å². The van der Waals surface area contributed by atoms with Crippen LogP contribution in [0.3, 0.4) is 0 Å². The Kier molecular flexibility index (Phi) is 7.64. The molecular weight excluding hydrogens is 509 g/mol. The maximum absolute atomic E-state index is 15.5. The van der Waals surface area contributed by atoms with Crippen LogP contribution >= 0.6 is 23.2 Å². The number of nitriles is 1. The zero-order valence-corrected chi connectivity index (χ0v) is 21.5. The van der Waals surface area contributed by atoms with Gasteiger partial charge in [-0.3, -0.25) is 10.1 Å². The first-order valence-electron chi connectivity index (χ1n) is 11.9. The first kappa shape index (κ1) is 26.8. The number of aliphatic carboxylic acids is 1. The smallest absolute Gasteiger partial charge is 0.321 e. The second kappa shape index (κ2) is 10.3. The van der Waals surface area contributed by atoms with Crippen LogP contribution in [-0.4, -0.2) is 36.4 Å². The topological polar surface area (TPSA) is 82.4 Å². The molecule has 0 aromatic heterocycles.